The molecule has 6 heteroatoms. The molecule has 0 saturated heterocycles. The van der Waals surface area contributed by atoms with Gasteiger partial charge in [0.1, 0.15) is 18.2 Å². The number of carbonyl (C=O) groups is 1. The van der Waals surface area contributed by atoms with Gasteiger partial charge in [0.2, 0.25) is 5.82 Å². The molecule has 0 atom stereocenters. The highest BCUT2D eigenvalue weighted by molar-refractivity contribution is 6.04. The first-order valence-corrected chi connectivity index (χ1v) is 6.79. The molecule has 0 unspecified atom stereocenters. The number of aromatic nitrogens is 3. The normalized spacial score (nSPS) is 17.5. The molecule has 0 radical (unpaired) electrons. The van der Waals surface area contributed by atoms with Gasteiger partial charge in [0.15, 0.2) is 0 Å². The minimum atomic E-state index is -0.177. The first-order valence-electron chi connectivity index (χ1n) is 6.79. The Bertz CT molecular complexity index is 663. The van der Waals surface area contributed by atoms with E-state index in [2.05, 4.69) is 15.2 Å². The van der Waals surface area contributed by atoms with Gasteiger partial charge in [0.05, 0.1) is 12.2 Å². The van der Waals surface area contributed by atoms with Gasteiger partial charge in [0, 0.05) is 5.92 Å². The minimum absolute atomic E-state index is 0.177. The smallest absolute Gasteiger partial charge is 0.298 e. The van der Waals surface area contributed by atoms with Crippen LogP contribution in [0.5, 0.6) is 5.75 Å². The lowest BCUT2D eigenvalue weighted by molar-refractivity contribution is 0.0967. The molecule has 1 N–H and O–H groups in total. The van der Waals surface area contributed by atoms with Gasteiger partial charge in [-0.1, -0.05) is 12.1 Å². The Hall–Kier alpha value is -2.37. The van der Waals surface area contributed by atoms with Gasteiger partial charge in [-0.15, -0.1) is 5.10 Å². The van der Waals surface area contributed by atoms with Crippen molar-refractivity contribution in [3.05, 3.63) is 35.9 Å². The largest absolute Gasteiger partial charge is 0.490 e. The Balaban J connectivity index is 1.65. The molecule has 102 valence electrons. The fourth-order valence-electron chi connectivity index (χ4n) is 2.41. The van der Waals surface area contributed by atoms with Crippen LogP contribution in [0.25, 0.3) is 0 Å². The maximum atomic E-state index is 12.5. The summed E-state index contributed by atoms with van der Waals surface area (Å²) in [5, 5.41) is 6.93. The molecule has 0 spiro atoms. The second kappa shape index (κ2) is 4.33. The number of nitrogens with one attached hydrogen (secondary N) is 1. The Morgan fingerprint density at radius 2 is 2.20 bits per heavy atom. The average molecular weight is 270 g/mol. The van der Waals surface area contributed by atoms with E-state index in [1.54, 1.807) is 4.90 Å². The van der Waals surface area contributed by atoms with E-state index >= 15 is 0 Å². The molecule has 2 aliphatic rings. The molecule has 0 bridgehead atoms. The summed E-state index contributed by atoms with van der Waals surface area (Å²) in [5.74, 6) is 2.08. The van der Waals surface area contributed by atoms with Crippen molar-refractivity contribution in [2.24, 2.45) is 0 Å². The fourth-order valence-corrected chi connectivity index (χ4v) is 2.41. The van der Waals surface area contributed by atoms with Crippen molar-refractivity contribution in [3.8, 4) is 5.75 Å². The van der Waals surface area contributed by atoms with Crippen LogP contribution >= 0.6 is 0 Å². The van der Waals surface area contributed by atoms with Crippen LogP contribution in [0, 0.1) is 0 Å². The van der Waals surface area contributed by atoms with Gasteiger partial charge in [-0.3, -0.25) is 14.8 Å². The molecule has 20 heavy (non-hydrogen) atoms. The predicted molar refractivity (Wildman–Crippen MR) is 72.0 cm³/mol. The van der Waals surface area contributed by atoms with Crippen LogP contribution < -0.4 is 9.64 Å². The van der Waals surface area contributed by atoms with Gasteiger partial charge in [-0.05, 0) is 25.0 Å². The summed E-state index contributed by atoms with van der Waals surface area (Å²) in [4.78, 5) is 18.5. The van der Waals surface area contributed by atoms with Crippen LogP contribution in [0.2, 0.25) is 0 Å². The van der Waals surface area contributed by atoms with Crippen LogP contribution in [0.4, 0.5) is 5.69 Å². The van der Waals surface area contributed by atoms with E-state index in [0.29, 0.717) is 19.1 Å². The molecule has 1 fully saturated rings. The number of amides is 1. The summed E-state index contributed by atoms with van der Waals surface area (Å²) in [6, 6.07) is 7.52. The molecule has 1 aliphatic carbocycles. The van der Waals surface area contributed by atoms with Crippen LogP contribution in [-0.4, -0.2) is 34.2 Å². The van der Waals surface area contributed by atoms with Gasteiger partial charge in [-0.2, -0.15) is 0 Å². The van der Waals surface area contributed by atoms with Crippen LogP contribution in [-0.2, 0) is 0 Å². The maximum Gasteiger partial charge on any atom is 0.298 e. The van der Waals surface area contributed by atoms with Gasteiger partial charge < -0.3 is 4.74 Å². The van der Waals surface area contributed by atoms with Crippen LogP contribution in [0.3, 0.4) is 0 Å². The molecular weight excluding hydrogens is 256 g/mol. The zero-order valence-electron chi connectivity index (χ0n) is 10.9. The Morgan fingerprint density at radius 1 is 1.35 bits per heavy atom. The molecule has 2 heterocycles. The van der Waals surface area contributed by atoms with Crippen molar-refractivity contribution in [2.75, 3.05) is 18.1 Å². The first-order chi connectivity index (χ1) is 9.83. The van der Waals surface area contributed by atoms with E-state index in [9.17, 15) is 4.79 Å². The number of aromatic amines is 1. The van der Waals surface area contributed by atoms with E-state index in [1.165, 1.54) is 0 Å². The zero-order chi connectivity index (χ0) is 13.5. The summed E-state index contributed by atoms with van der Waals surface area (Å²) >= 11 is 0. The SMILES string of the molecule is O=C(c1n[nH]c(C2CC2)n1)N1CCOc2ccccc21. The van der Waals surface area contributed by atoms with Crippen molar-refractivity contribution < 1.29 is 9.53 Å². The molecular formula is C14H14N4O2. The van der Waals surface area contributed by atoms with Crippen molar-refractivity contribution in [2.45, 2.75) is 18.8 Å². The lowest BCUT2D eigenvalue weighted by Crippen LogP contribution is -2.38. The number of nitrogens with zero attached hydrogens (tertiary/aromatic N) is 3. The highest BCUT2D eigenvalue weighted by atomic mass is 16.5. The molecule has 1 saturated carbocycles. The van der Waals surface area contributed by atoms with Crippen molar-refractivity contribution >= 4 is 11.6 Å². The summed E-state index contributed by atoms with van der Waals surface area (Å²) in [6.07, 6.45) is 2.26. The Morgan fingerprint density at radius 3 is 3.05 bits per heavy atom. The third-order valence-electron chi connectivity index (χ3n) is 3.63. The first kappa shape index (κ1) is 11.5. The van der Waals surface area contributed by atoms with Gasteiger partial charge in [-0.25, -0.2) is 4.98 Å². The fraction of sp³-hybridized carbons (Fsp3) is 0.357. The predicted octanol–water partition coefficient (Wildman–Crippen LogP) is 1.72. The second-order valence-electron chi connectivity index (χ2n) is 5.09. The van der Waals surface area contributed by atoms with E-state index in [1.807, 2.05) is 24.3 Å². The highest BCUT2D eigenvalue weighted by Crippen LogP contribution is 2.38. The monoisotopic (exact) mass is 270 g/mol. The summed E-state index contributed by atoms with van der Waals surface area (Å²) in [7, 11) is 0. The van der Waals surface area contributed by atoms with Crippen molar-refractivity contribution in [3.63, 3.8) is 0 Å². The summed E-state index contributed by atoms with van der Waals surface area (Å²) in [5.41, 5.74) is 0.779. The van der Waals surface area contributed by atoms with E-state index < -0.39 is 0 Å². The number of hydrogen-bond donors (Lipinski definition) is 1. The number of benzene rings is 1. The molecule has 1 amide bonds. The van der Waals surface area contributed by atoms with Gasteiger partial charge >= 0.3 is 0 Å². The summed E-state index contributed by atoms with van der Waals surface area (Å²) < 4.78 is 5.55. The molecule has 1 aromatic carbocycles. The Labute approximate surface area is 115 Å². The third-order valence-corrected chi connectivity index (χ3v) is 3.63. The van der Waals surface area contributed by atoms with E-state index in [-0.39, 0.29) is 11.7 Å². The van der Waals surface area contributed by atoms with Crippen molar-refractivity contribution in [1.29, 1.82) is 0 Å². The Kier molecular flexibility index (Phi) is 2.48. The number of para-hydroxylation sites is 2. The highest BCUT2D eigenvalue weighted by Gasteiger charge is 2.31. The summed E-state index contributed by atoms with van der Waals surface area (Å²) in [6.45, 7) is 1.01. The quantitative estimate of drug-likeness (QED) is 0.902. The third kappa shape index (κ3) is 1.84. The zero-order valence-corrected chi connectivity index (χ0v) is 10.9. The van der Waals surface area contributed by atoms with Crippen molar-refractivity contribution in [1.82, 2.24) is 15.2 Å². The van der Waals surface area contributed by atoms with E-state index in [4.69, 9.17) is 4.74 Å². The van der Waals surface area contributed by atoms with Gasteiger partial charge in [0.25, 0.3) is 5.91 Å². The number of hydrogen-bond acceptors (Lipinski definition) is 4. The second-order valence-corrected chi connectivity index (χ2v) is 5.09. The molecule has 4 rings (SSSR count). The molecule has 1 aliphatic heterocycles. The standard InChI is InChI=1S/C14H14N4O2/c19-14(13-15-12(16-17-13)9-5-6-9)18-7-8-20-11-4-2-1-3-10(11)18/h1-4,9H,5-8H2,(H,15,16,17). The maximum absolute atomic E-state index is 12.5. The number of anilines is 1. The molecule has 2 aromatic rings. The number of ether oxygens (including phenoxy) is 1. The minimum Gasteiger partial charge on any atom is -0.490 e. The van der Waals surface area contributed by atoms with E-state index in [0.717, 1.165) is 30.1 Å². The number of fused-ring (bicyclic) bond motifs is 1. The number of rotatable bonds is 2. The number of H-pyrrole nitrogens is 1. The lowest BCUT2D eigenvalue weighted by Gasteiger charge is -2.28. The van der Waals surface area contributed by atoms with Crippen LogP contribution in [0.15, 0.2) is 24.3 Å². The number of carbonyl (C=O) groups excluding carboxylic acids is 1. The molecule has 1 aromatic heterocycles. The van der Waals surface area contributed by atoms with Crippen LogP contribution in [0.1, 0.15) is 35.2 Å². The lowest BCUT2D eigenvalue weighted by atomic mass is 10.2. The average Bonchev–Trinajstić information content (AvgIpc) is 3.23. The molecule has 6 nitrogen and oxygen atoms in total. The topological polar surface area (TPSA) is 71.1 Å².